The highest BCUT2D eigenvalue weighted by atomic mass is 16.2. The fraction of sp³-hybridized carbons (Fsp3) is 0.391. The Hall–Kier alpha value is -3.02. The van der Waals surface area contributed by atoms with Gasteiger partial charge in [-0.05, 0) is 36.5 Å². The van der Waals surface area contributed by atoms with Crippen molar-refractivity contribution in [1.82, 2.24) is 20.2 Å². The second-order valence-corrected chi connectivity index (χ2v) is 7.93. The Morgan fingerprint density at radius 3 is 2.93 bits per heavy atom. The van der Waals surface area contributed by atoms with Crippen LogP contribution in [0.25, 0.3) is 11.0 Å². The zero-order chi connectivity index (χ0) is 20.2. The lowest BCUT2D eigenvalue weighted by Gasteiger charge is -2.42. The molecule has 1 aliphatic rings. The average Bonchev–Trinajstić information content (AvgIpc) is 3.23. The summed E-state index contributed by atoms with van der Waals surface area (Å²) in [5.74, 6) is 0.510. The van der Waals surface area contributed by atoms with Crippen LogP contribution in [0.1, 0.15) is 18.9 Å². The lowest BCUT2D eigenvalue weighted by atomic mass is 9.92. The van der Waals surface area contributed by atoms with Gasteiger partial charge in [-0.15, -0.1) is 0 Å². The fourth-order valence-corrected chi connectivity index (χ4v) is 4.24. The molecule has 2 aromatic heterocycles. The summed E-state index contributed by atoms with van der Waals surface area (Å²) < 4.78 is 0. The molecule has 0 saturated carbocycles. The number of hydrogen-bond acceptors (Lipinski definition) is 3. The van der Waals surface area contributed by atoms with E-state index in [2.05, 4.69) is 58.4 Å². The van der Waals surface area contributed by atoms with Crippen molar-refractivity contribution in [2.75, 3.05) is 31.6 Å². The summed E-state index contributed by atoms with van der Waals surface area (Å²) in [6, 6.07) is 14.7. The number of nitrogens with zero attached hydrogens (tertiary/aromatic N) is 3. The van der Waals surface area contributed by atoms with Gasteiger partial charge in [-0.25, -0.2) is 9.78 Å². The van der Waals surface area contributed by atoms with Crippen LogP contribution < -0.4 is 10.2 Å². The molecule has 2 N–H and O–H groups in total. The third kappa shape index (κ3) is 4.21. The number of aromatic nitrogens is 2. The number of carbonyl (C=O) groups is 1. The monoisotopic (exact) mass is 391 g/mol. The molecule has 2 amide bonds. The fourth-order valence-electron chi connectivity index (χ4n) is 4.24. The van der Waals surface area contributed by atoms with E-state index in [-0.39, 0.29) is 12.1 Å². The molecule has 0 radical (unpaired) electrons. The number of amides is 2. The highest BCUT2D eigenvalue weighted by Crippen LogP contribution is 2.30. The Bertz CT molecular complexity index is 954. The molecule has 152 valence electrons. The van der Waals surface area contributed by atoms with Crippen molar-refractivity contribution in [3.63, 3.8) is 0 Å². The van der Waals surface area contributed by atoms with E-state index in [9.17, 15) is 4.79 Å². The molecule has 1 fully saturated rings. The van der Waals surface area contributed by atoms with Crippen LogP contribution in [-0.2, 0) is 6.42 Å². The molecule has 3 aromatic rings. The van der Waals surface area contributed by atoms with Crippen LogP contribution in [-0.4, -0.2) is 53.6 Å². The molecule has 0 spiro atoms. The van der Waals surface area contributed by atoms with E-state index in [1.54, 1.807) is 0 Å². The SMILES string of the molecule is C[C@@H]1CCN(C(=O)NCCc2ccccc2)C[C@@H]1N(C)c1ccnc2[nH]ccc12. The first-order valence-corrected chi connectivity index (χ1v) is 10.3. The maximum atomic E-state index is 12.8. The maximum absolute atomic E-state index is 12.8. The number of fused-ring (bicyclic) bond motifs is 1. The lowest BCUT2D eigenvalue weighted by molar-refractivity contribution is 0.161. The number of pyridine rings is 1. The van der Waals surface area contributed by atoms with Crippen LogP contribution in [0.4, 0.5) is 10.5 Å². The van der Waals surface area contributed by atoms with Gasteiger partial charge < -0.3 is 20.1 Å². The van der Waals surface area contributed by atoms with Gasteiger partial charge in [0, 0.05) is 56.2 Å². The standard InChI is InChI=1S/C23H29N5O/c1-17-11-15-28(23(29)26-12-8-18-6-4-3-5-7-18)16-21(17)27(2)20-10-14-25-22-19(20)9-13-24-22/h3-7,9-10,13-14,17,21H,8,11-12,15-16H2,1-2H3,(H,24,25)(H,26,29)/t17-,21+/m1/s1. The van der Waals surface area contributed by atoms with E-state index in [4.69, 9.17) is 0 Å². The van der Waals surface area contributed by atoms with Crippen molar-refractivity contribution in [3.05, 3.63) is 60.4 Å². The van der Waals surface area contributed by atoms with Crippen LogP contribution in [0.15, 0.2) is 54.9 Å². The molecule has 1 saturated heterocycles. The van der Waals surface area contributed by atoms with Crippen LogP contribution in [0.3, 0.4) is 0 Å². The first-order valence-electron chi connectivity index (χ1n) is 10.3. The number of H-pyrrole nitrogens is 1. The molecule has 1 aliphatic heterocycles. The lowest BCUT2D eigenvalue weighted by Crippen LogP contribution is -2.55. The molecule has 0 unspecified atom stereocenters. The largest absolute Gasteiger partial charge is 0.369 e. The molecular weight excluding hydrogens is 362 g/mol. The van der Waals surface area contributed by atoms with Crippen molar-refractivity contribution < 1.29 is 4.79 Å². The van der Waals surface area contributed by atoms with Gasteiger partial charge in [0.1, 0.15) is 5.65 Å². The molecule has 1 aromatic carbocycles. The molecule has 3 heterocycles. The highest BCUT2D eigenvalue weighted by molar-refractivity contribution is 5.89. The Kier molecular flexibility index (Phi) is 5.69. The van der Waals surface area contributed by atoms with Crippen LogP contribution >= 0.6 is 0 Å². The molecule has 0 aliphatic carbocycles. The Balaban J connectivity index is 1.39. The van der Waals surface area contributed by atoms with Gasteiger partial charge >= 0.3 is 6.03 Å². The van der Waals surface area contributed by atoms with Crippen molar-refractivity contribution in [3.8, 4) is 0 Å². The van der Waals surface area contributed by atoms with E-state index in [0.717, 1.165) is 42.7 Å². The van der Waals surface area contributed by atoms with Gasteiger partial charge in [0.05, 0.1) is 0 Å². The number of carbonyl (C=O) groups excluding carboxylic acids is 1. The minimum Gasteiger partial charge on any atom is -0.369 e. The smallest absolute Gasteiger partial charge is 0.317 e. The highest BCUT2D eigenvalue weighted by Gasteiger charge is 2.32. The molecule has 6 heteroatoms. The van der Waals surface area contributed by atoms with E-state index in [0.29, 0.717) is 12.5 Å². The van der Waals surface area contributed by atoms with E-state index >= 15 is 0 Å². The number of hydrogen-bond donors (Lipinski definition) is 2. The molecule has 6 nitrogen and oxygen atoms in total. The molecular formula is C23H29N5O. The minimum absolute atomic E-state index is 0.0350. The van der Waals surface area contributed by atoms with Crippen LogP contribution in [0.2, 0.25) is 0 Å². The third-order valence-corrected chi connectivity index (χ3v) is 6.05. The topological polar surface area (TPSA) is 64.3 Å². The maximum Gasteiger partial charge on any atom is 0.317 e. The summed E-state index contributed by atoms with van der Waals surface area (Å²) >= 11 is 0. The van der Waals surface area contributed by atoms with Gasteiger partial charge in [0.15, 0.2) is 0 Å². The van der Waals surface area contributed by atoms with Crippen LogP contribution in [0.5, 0.6) is 0 Å². The zero-order valence-electron chi connectivity index (χ0n) is 17.1. The van der Waals surface area contributed by atoms with Gasteiger partial charge in [-0.2, -0.15) is 0 Å². The minimum atomic E-state index is 0.0350. The third-order valence-electron chi connectivity index (χ3n) is 6.05. The molecule has 0 bridgehead atoms. The number of aromatic amines is 1. The van der Waals surface area contributed by atoms with Crippen molar-refractivity contribution in [2.24, 2.45) is 5.92 Å². The summed E-state index contributed by atoms with van der Waals surface area (Å²) in [5.41, 5.74) is 3.29. The van der Waals surface area contributed by atoms with E-state index in [1.165, 1.54) is 5.56 Å². The van der Waals surface area contributed by atoms with E-state index in [1.807, 2.05) is 35.5 Å². The van der Waals surface area contributed by atoms with Crippen molar-refractivity contribution in [1.29, 1.82) is 0 Å². The number of nitrogens with one attached hydrogen (secondary N) is 2. The number of likely N-dealkylation sites (N-methyl/N-ethyl adjacent to an activating group) is 1. The van der Waals surface area contributed by atoms with Gasteiger partial charge in [-0.3, -0.25) is 0 Å². The number of urea groups is 1. The summed E-state index contributed by atoms with van der Waals surface area (Å²) in [6.45, 7) is 4.46. The molecule has 29 heavy (non-hydrogen) atoms. The second-order valence-electron chi connectivity index (χ2n) is 7.93. The number of likely N-dealkylation sites (tertiary alicyclic amines) is 1. The molecule has 2 atom stereocenters. The quantitative estimate of drug-likeness (QED) is 0.698. The normalized spacial score (nSPS) is 19.3. The average molecular weight is 392 g/mol. The summed E-state index contributed by atoms with van der Waals surface area (Å²) in [4.78, 5) is 24.6. The van der Waals surface area contributed by atoms with Crippen molar-refractivity contribution >= 4 is 22.8 Å². The van der Waals surface area contributed by atoms with Gasteiger partial charge in [-0.1, -0.05) is 37.3 Å². The number of benzene rings is 1. The Morgan fingerprint density at radius 2 is 2.10 bits per heavy atom. The van der Waals surface area contributed by atoms with Crippen molar-refractivity contribution in [2.45, 2.75) is 25.8 Å². The first kappa shape index (κ1) is 19.3. The Morgan fingerprint density at radius 1 is 1.28 bits per heavy atom. The predicted octanol–water partition coefficient (Wildman–Crippen LogP) is 3.66. The van der Waals surface area contributed by atoms with Gasteiger partial charge in [0.25, 0.3) is 0 Å². The number of anilines is 1. The predicted molar refractivity (Wildman–Crippen MR) is 117 cm³/mol. The number of piperidine rings is 1. The Labute approximate surface area is 171 Å². The van der Waals surface area contributed by atoms with E-state index < -0.39 is 0 Å². The van der Waals surface area contributed by atoms with Gasteiger partial charge in [0.2, 0.25) is 0 Å². The zero-order valence-corrected chi connectivity index (χ0v) is 17.1. The summed E-state index contributed by atoms with van der Waals surface area (Å²) in [6.07, 6.45) is 5.61. The summed E-state index contributed by atoms with van der Waals surface area (Å²) in [5, 5.41) is 4.21. The summed E-state index contributed by atoms with van der Waals surface area (Å²) in [7, 11) is 2.12. The first-order chi connectivity index (χ1) is 14.1. The molecule has 4 rings (SSSR count). The number of rotatable bonds is 5. The second kappa shape index (κ2) is 8.55. The van der Waals surface area contributed by atoms with Crippen LogP contribution in [0, 0.1) is 5.92 Å².